The number of rotatable bonds is 3. The summed E-state index contributed by atoms with van der Waals surface area (Å²) in [5.41, 5.74) is 2.43. The maximum Gasteiger partial charge on any atom is 0.119 e. The van der Waals surface area contributed by atoms with Crippen molar-refractivity contribution >= 4 is 27.3 Å². The van der Waals surface area contributed by atoms with Crippen LogP contribution in [-0.4, -0.2) is 38.3 Å². The first-order chi connectivity index (χ1) is 10.3. The lowest BCUT2D eigenvalue weighted by molar-refractivity contribution is 0.415. The first kappa shape index (κ1) is 14.2. The Morgan fingerprint density at radius 1 is 0.952 bits per heavy atom. The predicted molar refractivity (Wildman–Crippen MR) is 89.4 cm³/mol. The molecule has 0 N–H and O–H groups in total. The maximum atomic E-state index is 5.20. The number of ether oxygens (including phenoxy) is 1. The molecule has 3 rings (SSSR count). The molecule has 0 amide bonds. The molecule has 1 aliphatic rings. The Kier molecular flexibility index (Phi) is 4.29. The number of methoxy groups -OCH3 is 1. The Hall–Kier alpha value is -1.75. The Morgan fingerprint density at radius 3 is 2.14 bits per heavy atom. The molecule has 21 heavy (non-hydrogen) atoms. The zero-order valence-corrected chi connectivity index (χ0v) is 13.6. The fraction of sp³-hybridized carbons (Fsp3) is 0.312. The zero-order chi connectivity index (χ0) is 14.7. The number of anilines is 2. The lowest BCUT2D eigenvalue weighted by atomic mass is 10.2. The van der Waals surface area contributed by atoms with Crippen LogP contribution < -0.4 is 14.5 Å². The second-order valence-corrected chi connectivity index (χ2v) is 5.95. The molecule has 1 fully saturated rings. The molecule has 4 nitrogen and oxygen atoms in total. The van der Waals surface area contributed by atoms with Crippen molar-refractivity contribution in [1.82, 2.24) is 4.98 Å². The molecule has 1 aliphatic heterocycles. The van der Waals surface area contributed by atoms with Crippen molar-refractivity contribution in [3.8, 4) is 5.75 Å². The number of nitrogens with zero attached hydrogens (tertiary/aromatic N) is 3. The number of benzene rings is 1. The number of pyridine rings is 1. The van der Waals surface area contributed by atoms with Crippen LogP contribution in [0.2, 0.25) is 0 Å². The van der Waals surface area contributed by atoms with E-state index < -0.39 is 0 Å². The summed E-state index contributed by atoms with van der Waals surface area (Å²) in [4.78, 5) is 9.02. The quantitative estimate of drug-likeness (QED) is 0.852. The summed E-state index contributed by atoms with van der Waals surface area (Å²) >= 11 is 3.48. The molecule has 0 saturated carbocycles. The monoisotopic (exact) mass is 347 g/mol. The fourth-order valence-electron chi connectivity index (χ4n) is 2.59. The van der Waals surface area contributed by atoms with Gasteiger partial charge in [0.1, 0.15) is 5.75 Å². The zero-order valence-electron chi connectivity index (χ0n) is 12.0. The SMILES string of the molecule is COc1ccc(N2CCN(c3cncc(Br)c3)CC2)cc1. The van der Waals surface area contributed by atoms with Crippen LogP contribution in [0.5, 0.6) is 5.75 Å². The van der Waals surface area contributed by atoms with Crippen LogP contribution in [0.1, 0.15) is 0 Å². The van der Waals surface area contributed by atoms with Crippen molar-refractivity contribution in [3.05, 3.63) is 47.2 Å². The smallest absolute Gasteiger partial charge is 0.119 e. The van der Waals surface area contributed by atoms with E-state index in [-0.39, 0.29) is 0 Å². The first-order valence-electron chi connectivity index (χ1n) is 7.01. The normalized spacial score (nSPS) is 15.1. The Balaban J connectivity index is 1.64. The van der Waals surface area contributed by atoms with E-state index in [9.17, 15) is 0 Å². The molecular weight excluding hydrogens is 330 g/mol. The van der Waals surface area contributed by atoms with Crippen LogP contribution in [0.25, 0.3) is 0 Å². The van der Waals surface area contributed by atoms with Crippen LogP contribution in [0.3, 0.4) is 0 Å². The second kappa shape index (κ2) is 6.35. The number of piperazine rings is 1. The van der Waals surface area contributed by atoms with E-state index in [2.05, 4.69) is 48.9 Å². The molecule has 1 aromatic carbocycles. The first-order valence-corrected chi connectivity index (χ1v) is 7.80. The minimum absolute atomic E-state index is 0.901. The largest absolute Gasteiger partial charge is 0.497 e. The summed E-state index contributed by atoms with van der Waals surface area (Å²) < 4.78 is 6.23. The van der Waals surface area contributed by atoms with E-state index in [1.807, 2.05) is 24.5 Å². The summed E-state index contributed by atoms with van der Waals surface area (Å²) in [5, 5.41) is 0. The van der Waals surface area contributed by atoms with Crippen molar-refractivity contribution in [3.63, 3.8) is 0 Å². The van der Waals surface area contributed by atoms with Gasteiger partial charge in [0.05, 0.1) is 19.0 Å². The summed E-state index contributed by atoms with van der Waals surface area (Å²) in [5.74, 6) is 0.901. The van der Waals surface area contributed by atoms with Crippen LogP contribution in [0.4, 0.5) is 11.4 Å². The Bertz CT molecular complexity index is 595. The average Bonchev–Trinajstić information content (AvgIpc) is 2.55. The molecule has 0 unspecified atom stereocenters. The lowest BCUT2D eigenvalue weighted by Crippen LogP contribution is -2.46. The van der Waals surface area contributed by atoms with Gasteiger partial charge in [0.2, 0.25) is 0 Å². The van der Waals surface area contributed by atoms with Gasteiger partial charge in [-0.3, -0.25) is 4.98 Å². The maximum absolute atomic E-state index is 5.20. The van der Waals surface area contributed by atoms with Crippen LogP contribution >= 0.6 is 15.9 Å². The molecule has 2 aromatic rings. The minimum Gasteiger partial charge on any atom is -0.497 e. The topological polar surface area (TPSA) is 28.6 Å². The van der Waals surface area contributed by atoms with Gasteiger partial charge in [-0.1, -0.05) is 0 Å². The number of hydrogen-bond donors (Lipinski definition) is 0. The molecule has 1 aromatic heterocycles. The molecular formula is C16H18BrN3O. The van der Waals surface area contributed by atoms with Crippen LogP contribution in [0, 0.1) is 0 Å². The molecule has 0 spiro atoms. The van der Waals surface area contributed by atoms with E-state index >= 15 is 0 Å². The molecule has 0 radical (unpaired) electrons. The minimum atomic E-state index is 0.901. The third kappa shape index (κ3) is 3.29. The molecule has 0 aliphatic carbocycles. The Morgan fingerprint density at radius 2 is 1.57 bits per heavy atom. The van der Waals surface area contributed by atoms with Crippen molar-refractivity contribution < 1.29 is 4.74 Å². The summed E-state index contributed by atoms with van der Waals surface area (Å²) in [7, 11) is 1.69. The van der Waals surface area contributed by atoms with Gasteiger partial charge in [0.15, 0.2) is 0 Å². The molecule has 110 valence electrons. The highest BCUT2D eigenvalue weighted by Gasteiger charge is 2.17. The van der Waals surface area contributed by atoms with Crippen LogP contribution in [0.15, 0.2) is 47.2 Å². The van der Waals surface area contributed by atoms with Crippen molar-refractivity contribution in [1.29, 1.82) is 0 Å². The van der Waals surface area contributed by atoms with E-state index in [0.29, 0.717) is 0 Å². The molecule has 2 heterocycles. The van der Waals surface area contributed by atoms with Crippen molar-refractivity contribution in [2.75, 3.05) is 43.1 Å². The van der Waals surface area contributed by atoms with Gasteiger partial charge in [0, 0.05) is 42.5 Å². The predicted octanol–water partition coefficient (Wildman–Crippen LogP) is 3.18. The van der Waals surface area contributed by atoms with Gasteiger partial charge in [-0.15, -0.1) is 0 Å². The van der Waals surface area contributed by atoms with Gasteiger partial charge < -0.3 is 14.5 Å². The van der Waals surface area contributed by atoms with E-state index in [1.54, 1.807) is 7.11 Å². The average molecular weight is 348 g/mol. The number of aromatic nitrogens is 1. The van der Waals surface area contributed by atoms with Gasteiger partial charge in [-0.05, 0) is 46.3 Å². The van der Waals surface area contributed by atoms with Crippen molar-refractivity contribution in [2.45, 2.75) is 0 Å². The molecule has 0 atom stereocenters. The third-order valence-electron chi connectivity index (χ3n) is 3.77. The number of hydrogen-bond acceptors (Lipinski definition) is 4. The van der Waals surface area contributed by atoms with Crippen molar-refractivity contribution in [2.24, 2.45) is 0 Å². The lowest BCUT2D eigenvalue weighted by Gasteiger charge is -2.37. The third-order valence-corrected chi connectivity index (χ3v) is 4.21. The highest BCUT2D eigenvalue weighted by molar-refractivity contribution is 9.10. The summed E-state index contributed by atoms with van der Waals surface area (Å²) in [6.45, 7) is 4.03. The van der Waals surface area contributed by atoms with Gasteiger partial charge in [-0.2, -0.15) is 0 Å². The van der Waals surface area contributed by atoms with Gasteiger partial charge in [0.25, 0.3) is 0 Å². The van der Waals surface area contributed by atoms with Gasteiger partial charge >= 0.3 is 0 Å². The number of halogens is 1. The van der Waals surface area contributed by atoms with E-state index in [0.717, 1.165) is 36.4 Å². The molecule has 5 heteroatoms. The van der Waals surface area contributed by atoms with Crippen LogP contribution in [-0.2, 0) is 0 Å². The second-order valence-electron chi connectivity index (χ2n) is 5.03. The fourth-order valence-corrected chi connectivity index (χ4v) is 2.94. The summed E-state index contributed by atoms with van der Waals surface area (Å²) in [6.07, 6.45) is 3.74. The Labute approximate surface area is 133 Å². The van der Waals surface area contributed by atoms with Gasteiger partial charge in [-0.25, -0.2) is 0 Å². The standard InChI is InChI=1S/C16H18BrN3O/c1-21-16-4-2-14(3-5-16)19-6-8-20(9-7-19)15-10-13(17)11-18-12-15/h2-5,10-12H,6-9H2,1H3. The summed E-state index contributed by atoms with van der Waals surface area (Å²) in [6, 6.07) is 10.4. The molecule has 1 saturated heterocycles. The highest BCUT2D eigenvalue weighted by atomic mass is 79.9. The van der Waals surface area contributed by atoms with E-state index in [4.69, 9.17) is 4.74 Å². The van der Waals surface area contributed by atoms with E-state index in [1.165, 1.54) is 11.4 Å². The molecule has 0 bridgehead atoms. The highest BCUT2D eigenvalue weighted by Crippen LogP contribution is 2.23.